The van der Waals surface area contributed by atoms with Crippen molar-refractivity contribution in [1.29, 1.82) is 0 Å². The van der Waals surface area contributed by atoms with Crippen molar-refractivity contribution in [2.45, 2.75) is 87.2 Å². The summed E-state index contributed by atoms with van der Waals surface area (Å²) in [6.45, 7) is 18.8. The summed E-state index contributed by atoms with van der Waals surface area (Å²) in [7, 11) is 0. The molecule has 0 aromatic rings. The van der Waals surface area contributed by atoms with E-state index in [2.05, 4.69) is 79.7 Å². The highest BCUT2D eigenvalue weighted by atomic mass is 16.5. The lowest BCUT2D eigenvalue weighted by Gasteiger charge is -2.20. The van der Waals surface area contributed by atoms with Crippen LogP contribution in [0.25, 0.3) is 0 Å². The molecule has 1 heteroatoms. The minimum absolute atomic E-state index is 0.392. The average molecular weight is 335 g/mol. The number of ether oxygens (including phenoxy) is 1. The van der Waals surface area contributed by atoms with Crippen LogP contribution in [0.2, 0.25) is 0 Å². The number of unbranched alkanes of at least 4 members (excludes halogenated alkanes) is 1. The maximum absolute atomic E-state index is 5.86. The van der Waals surface area contributed by atoms with Gasteiger partial charge in [0.2, 0.25) is 0 Å². The fourth-order valence-electron chi connectivity index (χ4n) is 2.41. The molecule has 0 saturated carbocycles. The Hall–Kier alpha value is -0.820. The van der Waals surface area contributed by atoms with E-state index >= 15 is 0 Å². The molecule has 0 aliphatic heterocycles. The van der Waals surface area contributed by atoms with Gasteiger partial charge >= 0.3 is 0 Å². The zero-order chi connectivity index (χ0) is 18.5. The lowest BCUT2D eigenvalue weighted by atomic mass is 9.89. The van der Waals surface area contributed by atoms with Gasteiger partial charge in [0, 0.05) is 6.61 Å². The Morgan fingerprint density at radius 3 is 2.17 bits per heavy atom. The molecule has 0 aliphatic rings. The Morgan fingerprint density at radius 1 is 0.917 bits per heavy atom. The first kappa shape index (κ1) is 23.2. The lowest BCUT2D eigenvalue weighted by Crippen LogP contribution is -2.13. The van der Waals surface area contributed by atoms with Crippen molar-refractivity contribution in [3.05, 3.63) is 35.5 Å². The van der Waals surface area contributed by atoms with E-state index in [0.717, 1.165) is 13.0 Å². The van der Waals surface area contributed by atoms with Gasteiger partial charge in [0.05, 0.1) is 6.10 Å². The zero-order valence-electron chi connectivity index (χ0n) is 17.6. The molecule has 24 heavy (non-hydrogen) atoms. The molecule has 0 aromatic carbocycles. The zero-order valence-corrected chi connectivity index (χ0v) is 17.6. The standard InChI is InChI=1S/C23H42O/c1-9-10-17-24-23(8)16-15-22(7)21(6)14-13-20(5)19(4)12-11-18(2)3/h11-14,20-23H,9-10,15-17H2,1-8H3/b14-13-,19-12+. The molecule has 4 unspecified atom stereocenters. The summed E-state index contributed by atoms with van der Waals surface area (Å²) in [6, 6.07) is 0. The molecule has 0 spiro atoms. The Labute approximate surface area is 152 Å². The second-order valence-corrected chi connectivity index (χ2v) is 7.78. The predicted octanol–water partition coefficient (Wildman–Crippen LogP) is 7.35. The van der Waals surface area contributed by atoms with E-state index in [-0.39, 0.29) is 0 Å². The van der Waals surface area contributed by atoms with Crippen LogP contribution in [-0.4, -0.2) is 12.7 Å². The van der Waals surface area contributed by atoms with Crippen LogP contribution in [0.4, 0.5) is 0 Å². The van der Waals surface area contributed by atoms with Crippen LogP contribution in [0, 0.1) is 17.8 Å². The lowest BCUT2D eigenvalue weighted by molar-refractivity contribution is 0.0533. The van der Waals surface area contributed by atoms with Crippen molar-refractivity contribution in [3.63, 3.8) is 0 Å². The van der Waals surface area contributed by atoms with Gasteiger partial charge in [-0.15, -0.1) is 0 Å². The summed E-state index contributed by atoms with van der Waals surface area (Å²) < 4.78 is 5.86. The summed E-state index contributed by atoms with van der Waals surface area (Å²) in [5, 5.41) is 0. The number of hydrogen-bond donors (Lipinski definition) is 0. The Balaban J connectivity index is 4.26. The summed E-state index contributed by atoms with van der Waals surface area (Å²) in [5.74, 6) is 1.82. The van der Waals surface area contributed by atoms with Gasteiger partial charge in [-0.3, -0.25) is 0 Å². The molecule has 1 nitrogen and oxygen atoms in total. The van der Waals surface area contributed by atoms with Gasteiger partial charge in [-0.05, 0) is 64.7 Å². The van der Waals surface area contributed by atoms with Crippen molar-refractivity contribution in [2.75, 3.05) is 6.61 Å². The molecule has 0 heterocycles. The van der Waals surface area contributed by atoms with Crippen molar-refractivity contribution in [2.24, 2.45) is 17.8 Å². The molecular formula is C23H42O. The highest BCUT2D eigenvalue weighted by Crippen LogP contribution is 2.22. The van der Waals surface area contributed by atoms with Crippen LogP contribution in [0.1, 0.15) is 81.1 Å². The van der Waals surface area contributed by atoms with Crippen LogP contribution >= 0.6 is 0 Å². The molecule has 0 radical (unpaired) electrons. The highest BCUT2D eigenvalue weighted by molar-refractivity contribution is 5.19. The maximum Gasteiger partial charge on any atom is 0.0547 e. The molecule has 0 aliphatic carbocycles. The summed E-state index contributed by atoms with van der Waals surface area (Å²) >= 11 is 0. The molecule has 0 rings (SSSR count). The van der Waals surface area contributed by atoms with E-state index in [1.807, 2.05) is 0 Å². The van der Waals surface area contributed by atoms with Crippen LogP contribution in [0.15, 0.2) is 35.5 Å². The van der Waals surface area contributed by atoms with Gasteiger partial charge < -0.3 is 4.74 Å². The van der Waals surface area contributed by atoms with E-state index in [1.165, 1.54) is 30.4 Å². The summed E-state index contributed by atoms with van der Waals surface area (Å²) in [6.07, 6.45) is 14.4. The first-order valence-electron chi connectivity index (χ1n) is 9.89. The molecule has 0 amide bonds. The largest absolute Gasteiger partial charge is 0.379 e. The number of allylic oxidation sites excluding steroid dienone is 6. The van der Waals surface area contributed by atoms with Gasteiger partial charge in [0.25, 0.3) is 0 Å². The average Bonchev–Trinajstić information content (AvgIpc) is 2.54. The van der Waals surface area contributed by atoms with Gasteiger partial charge in [-0.1, -0.05) is 69.6 Å². The van der Waals surface area contributed by atoms with Crippen molar-refractivity contribution in [1.82, 2.24) is 0 Å². The van der Waals surface area contributed by atoms with Crippen molar-refractivity contribution < 1.29 is 4.74 Å². The highest BCUT2D eigenvalue weighted by Gasteiger charge is 2.12. The SMILES string of the molecule is CCCCOC(C)CCC(C)C(C)/C=C\C(C)/C(C)=C/C=C(C)C. The molecule has 0 N–H and O–H groups in total. The normalized spacial score (nSPS) is 17.6. The van der Waals surface area contributed by atoms with Crippen LogP contribution in [0.5, 0.6) is 0 Å². The third-order valence-electron chi connectivity index (χ3n) is 4.93. The van der Waals surface area contributed by atoms with Crippen molar-refractivity contribution in [3.8, 4) is 0 Å². The quantitative estimate of drug-likeness (QED) is 0.206. The second kappa shape index (κ2) is 13.5. The second-order valence-electron chi connectivity index (χ2n) is 7.78. The third-order valence-corrected chi connectivity index (χ3v) is 4.93. The molecule has 0 bridgehead atoms. The summed E-state index contributed by atoms with van der Waals surface area (Å²) in [4.78, 5) is 0. The fourth-order valence-corrected chi connectivity index (χ4v) is 2.41. The molecule has 0 saturated heterocycles. The Kier molecular flexibility index (Phi) is 13.0. The van der Waals surface area contributed by atoms with E-state index in [4.69, 9.17) is 4.74 Å². The maximum atomic E-state index is 5.86. The first-order valence-corrected chi connectivity index (χ1v) is 9.89. The molecule has 140 valence electrons. The van der Waals surface area contributed by atoms with E-state index < -0.39 is 0 Å². The first-order chi connectivity index (χ1) is 11.3. The van der Waals surface area contributed by atoms with Gasteiger partial charge in [-0.25, -0.2) is 0 Å². The van der Waals surface area contributed by atoms with Gasteiger partial charge in [0.15, 0.2) is 0 Å². The Bertz CT molecular complexity index is 398. The fraction of sp³-hybridized carbons (Fsp3) is 0.739. The van der Waals surface area contributed by atoms with Crippen molar-refractivity contribution >= 4 is 0 Å². The van der Waals surface area contributed by atoms with Crippen LogP contribution in [0.3, 0.4) is 0 Å². The Morgan fingerprint density at radius 2 is 1.58 bits per heavy atom. The van der Waals surface area contributed by atoms with E-state index in [0.29, 0.717) is 23.9 Å². The smallest absolute Gasteiger partial charge is 0.0547 e. The predicted molar refractivity (Wildman–Crippen MR) is 109 cm³/mol. The molecule has 4 atom stereocenters. The minimum Gasteiger partial charge on any atom is -0.379 e. The van der Waals surface area contributed by atoms with Gasteiger partial charge in [0.1, 0.15) is 0 Å². The number of rotatable bonds is 12. The van der Waals surface area contributed by atoms with Crippen LogP contribution in [-0.2, 0) is 4.74 Å². The minimum atomic E-state index is 0.392. The molecule has 0 aromatic heterocycles. The number of hydrogen-bond acceptors (Lipinski definition) is 1. The summed E-state index contributed by atoms with van der Waals surface area (Å²) in [5.41, 5.74) is 2.77. The third kappa shape index (κ3) is 11.7. The molecule has 0 fully saturated rings. The van der Waals surface area contributed by atoms with Gasteiger partial charge in [-0.2, -0.15) is 0 Å². The van der Waals surface area contributed by atoms with E-state index in [1.54, 1.807) is 0 Å². The van der Waals surface area contributed by atoms with E-state index in [9.17, 15) is 0 Å². The monoisotopic (exact) mass is 334 g/mol. The molecular weight excluding hydrogens is 292 g/mol. The topological polar surface area (TPSA) is 9.23 Å². The van der Waals surface area contributed by atoms with Crippen LogP contribution < -0.4 is 0 Å².